The van der Waals surface area contributed by atoms with Gasteiger partial charge in [-0.3, -0.25) is 14.4 Å². The number of rotatable bonds is 4. The van der Waals surface area contributed by atoms with E-state index in [0.29, 0.717) is 25.3 Å². The Morgan fingerprint density at radius 3 is 2.61 bits per heavy atom. The van der Waals surface area contributed by atoms with E-state index in [1.165, 1.54) is 11.3 Å². The molecule has 2 heterocycles. The minimum atomic E-state index is -1.38. The zero-order valence-electron chi connectivity index (χ0n) is 11.4. The van der Waals surface area contributed by atoms with E-state index in [0.717, 1.165) is 4.70 Å². The van der Waals surface area contributed by atoms with Crippen molar-refractivity contribution < 1.29 is 24.3 Å². The Balaban J connectivity index is 1.86. The van der Waals surface area contributed by atoms with Crippen LogP contribution in [-0.4, -0.2) is 50.2 Å². The van der Waals surface area contributed by atoms with Crippen LogP contribution in [0.1, 0.15) is 5.01 Å². The number of imide groups is 2. The minimum Gasteiger partial charge on any atom is -0.480 e. The second-order valence-electron chi connectivity index (χ2n) is 4.68. The van der Waals surface area contributed by atoms with Gasteiger partial charge in [-0.15, -0.1) is 11.3 Å². The summed E-state index contributed by atoms with van der Waals surface area (Å²) in [6.07, 6.45) is 0. The van der Waals surface area contributed by atoms with E-state index in [1.54, 1.807) is 18.2 Å². The van der Waals surface area contributed by atoms with E-state index >= 15 is 0 Å². The van der Waals surface area contributed by atoms with Gasteiger partial charge in [-0.1, -0.05) is 11.6 Å². The highest BCUT2D eigenvalue weighted by molar-refractivity contribution is 7.18. The van der Waals surface area contributed by atoms with Crippen molar-refractivity contribution >= 4 is 57.0 Å². The van der Waals surface area contributed by atoms with Crippen molar-refractivity contribution in [1.29, 1.82) is 0 Å². The summed E-state index contributed by atoms with van der Waals surface area (Å²) in [5, 5.41) is 9.64. The summed E-state index contributed by atoms with van der Waals surface area (Å²) in [5.74, 6) is -3.59. The topological polar surface area (TPSA) is 108 Å². The van der Waals surface area contributed by atoms with Gasteiger partial charge in [-0.2, -0.15) is 0 Å². The summed E-state index contributed by atoms with van der Waals surface area (Å²) in [7, 11) is 0. The molecule has 118 valence electrons. The van der Waals surface area contributed by atoms with Crippen LogP contribution in [0.4, 0.5) is 4.79 Å². The lowest BCUT2D eigenvalue weighted by atomic mass is 10.3. The van der Waals surface area contributed by atoms with Gasteiger partial charge in [0.15, 0.2) is 0 Å². The molecular formula is C13H8ClN3O5S. The second kappa shape index (κ2) is 5.60. The summed E-state index contributed by atoms with van der Waals surface area (Å²) in [4.78, 5) is 51.6. The SMILES string of the molecule is O=C(O)CN1C(=O)C(=O)N(Cc2nc3cc(Cl)ccc3s2)C1=O. The first-order valence-electron chi connectivity index (χ1n) is 6.31. The number of carboxylic acids is 1. The molecule has 0 saturated carbocycles. The lowest BCUT2D eigenvalue weighted by Gasteiger charge is -2.12. The number of fused-ring (bicyclic) bond motifs is 1. The molecule has 1 aromatic heterocycles. The highest BCUT2D eigenvalue weighted by Gasteiger charge is 2.45. The second-order valence-corrected chi connectivity index (χ2v) is 6.23. The molecule has 0 bridgehead atoms. The molecule has 1 saturated heterocycles. The van der Waals surface area contributed by atoms with Gasteiger partial charge in [0.2, 0.25) is 0 Å². The third-order valence-electron chi connectivity index (χ3n) is 3.12. The van der Waals surface area contributed by atoms with Crippen LogP contribution in [0.5, 0.6) is 0 Å². The number of nitrogens with zero attached hydrogens (tertiary/aromatic N) is 3. The lowest BCUT2D eigenvalue weighted by Crippen LogP contribution is -2.36. The molecule has 0 radical (unpaired) electrons. The highest BCUT2D eigenvalue weighted by atomic mass is 35.5. The number of hydrogen-bond donors (Lipinski definition) is 1. The van der Waals surface area contributed by atoms with Crippen LogP contribution < -0.4 is 0 Å². The number of hydrogen-bond acceptors (Lipinski definition) is 6. The first-order valence-corrected chi connectivity index (χ1v) is 7.50. The quantitative estimate of drug-likeness (QED) is 0.656. The van der Waals surface area contributed by atoms with Crippen molar-refractivity contribution in [2.45, 2.75) is 6.54 Å². The fraction of sp³-hybridized carbons (Fsp3) is 0.154. The average molecular weight is 354 g/mol. The predicted octanol–water partition coefficient (Wildman–Crippen LogP) is 1.33. The van der Waals surface area contributed by atoms with Crippen LogP contribution >= 0.6 is 22.9 Å². The maximum absolute atomic E-state index is 12.0. The van der Waals surface area contributed by atoms with E-state index in [9.17, 15) is 19.2 Å². The zero-order chi connectivity index (χ0) is 16.7. The number of halogens is 1. The van der Waals surface area contributed by atoms with Crippen LogP contribution in [0.25, 0.3) is 10.2 Å². The summed E-state index contributed by atoms with van der Waals surface area (Å²) in [6.45, 7) is -1.05. The van der Waals surface area contributed by atoms with Crippen LogP contribution in [0.2, 0.25) is 5.02 Å². The molecule has 23 heavy (non-hydrogen) atoms. The monoisotopic (exact) mass is 353 g/mol. The van der Waals surface area contributed by atoms with E-state index < -0.39 is 30.4 Å². The summed E-state index contributed by atoms with van der Waals surface area (Å²) in [6, 6.07) is 4.14. The third-order valence-corrected chi connectivity index (χ3v) is 4.37. The molecule has 0 spiro atoms. The van der Waals surface area contributed by atoms with Gasteiger partial charge in [0, 0.05) is 5.02 Å². The molecule has 0 atom stereocenters. The molecule has 1 aliphatic rings. The van der Waals surface area contributed by atoms with Crippen molar-refractivity contribution in [2.24, 2.45) is 0 Å². The molecule has 3 rings (SSSR count). The molecule has 10 heteroatoms. The number of benzene rings is 1. The maximum atomic E-state index is 12.0. The van der Waals surface area contributed by atoms with Gasteiger partial charge in [-0.25, -0.2) is 19.6 Å². The maximum Gasteiger partial charge on any atom is 0.335 e. The number of carbonyl (C=O) groups is 4. The number of aliphatic carboxylic acids is 1. The zero-order valence-corrected chi connectivity index (χ0v) is 12.9. The van der Waals surface area contributed by atoms with Gasteiger partial charge in [-0.05, 0) is 18.2 Å². The highest BCUT2D eigenvalue weighted by Crippen LogP contribution is 2.26. The minimum absolute atomic E-state index is 0.198. The van der Waals surface area contributed by atoms with E-state index in [2.05, 4.69) is 4.98 Å². The van der Waals surface area contributed by atoms with E-state index in [1.807, 2.05) is 0 Å². The largest absolute Gasteiger partial charge is 0.480 e. The number of carbonyl (C=O) groups excluding carboxylic acids is 3. The van der Waals surface area contributed by atoms with Crippen molar-refractivity contribution in [3.8, 4) is 0 Å². The first kappa shape index (κ1) is 15.4. The number of amides is 4. The third kappa shape index (κ3) is 2.76. The normalized spacial score (nSPS) is 15.1. The van der Waals surface area contributed by atoms with Crippen molar-refractivity contribution in [3.05, 3.63) is 28.2 Å². The number of aromatic nitrogens is 1. The smallest absolute Gasteiger partial charge is 0.335 e. The predicted molar refractivity (Wildman–Crippen MR) is 79.9 cm³/mol. The molecule has 1 N–H and O–H groups in total. The molecule has 1 aromatic carbocycles. The molecule has 0 unspecified atom stereocenters. The number of thiazole rings is 1. The average Bonchev–Trinajstić information content (AvgIpc) is 2.96. The Bertz CT molecular complexity index is 864. The van der Waals surface area contributed by atoms with Crippen LogP contribution in [0.15, 0.2) is 18.2 Å². The Hall–Kier alpha value is -2.52. The first-order chi connectivity index (χ1) is 10.9. The Morgan fingerprint density at radius 1 is 1.22 bits per heavy atom. The Kier molecular flexibility index (Phi) is 3.74. The van der Waals surface area contributed by atoms with Gasteiger partial charge in [0.05, 0.1) is 16.8 Å². The van der Waals surface area contributed by atoms with Crippen molar-refractivity contribution in [2.75, 3.05) is 6.54 Å². The fourth-order valence-corrected chi connectivity index (χ4v) is 3.22. The van der Waals surface area contributed by atoms with Crippen molar-refractivity contribution in [3.63, 3.8) is 0 Å². The summed E-state index contributed by atoms with van der Waals surface area (Å²) in [5.41, 5.74) is 0.616. The molecule has 1 fully saturated rings. The Labute approximate surface area is 137 Å². The molecule has 4 amide bonds. The van der Waals surface area contributed by atoms with E-state index in [4.69, 9.17) is 16.7 Å². The number of carboxylic acid groups (broad SMARTS) is 1. The summed E-state index contributed by atoms with van der Waals surface area (Å²) >= 11 is 7.12. The summed E-state index contributed by atoms with van der Waals surface area (Å²) < 4.78 is 0.817. The molecule has 8 nitrogen and oxygen atoms in total. The Morgan fingerprint density at radius 2 is 1.91 bits per heavy atom. The van der Waals surface area contributed by atoms with Crippen LogP contribution in [0.3, 0.4) is 0 Å². The fourth-order valence-electron chi connectivity index (χ4n) is 2.12. The van der Waals surface area contributed by atoms with Gasteiger partial charge >= 0.3 is 23.8 Å². The van der Waals surface area contributed by atoms with Gasteiger partial charge < -0.3 is 5.11 Å². The molecular weight excluding hydrogens is 346 g/mol. The molecule has 1 aliphatic heterocycles. The van der Waals surface area contributed by atoms with Crippen molar-refractivity contribution in [1.82, 2.24) is 14.8 Å². The molecule has 0 aliphatic carbocycles. The van der Waals surface area contributed by atoms with Gasteiger partial charge in [0.1, 0.15) is 11.6 Å². The molecule has 2 aromatic rings. The van der Waals surface area contributed by atoms with Gasteiger partial charge in [0.25, 0.3) is 0 Å². The standard InChI is InChI=1S/C13H8ClN3O5S/c14-6-1-2-8-7(3-6)15-9(23-8)4-16-11(20)12(21)17(13(16)22)5-10(18)19/h1-3H,4-5H2,(H,18,19). The van der Waals surface area contributed by atoms with Crippen LogP contribution in [-0.2, 0) is 20.9 Å². The number of urea groups is 1. The van der Waals surface area contributed by atoms with E-state index in [-0.39, 0.29) is 6.54 Å². The van der Waals surface area contributed by atoms with Crippen LogP contribution in [0, 0.1) is 0 Å². The lowest BCUT2D eigenvalue weighted by molar-refractivity contribution is -0.146.